The number of aryl methyl sites for hydroxylation is 2. The molecule has 1 aromatic carbocycles. The Balaban J connectivity index is 1.99. The van der Waals surface area contributed by atoms with E-state index >= 15 is 0 Å². The molecular weight excluding hydrogens is 343 g/mol. The second kappa shape index (κ2) is 6.94. The topological polar surface area (TPSA) is 77.0 Å². The molecule has 1 N–H and O–H groups in total. The van der Waals surface area contributed by atoms with Gasteiger partial charge < -0.3 is 4.74 Å². The highest BCUT2D eigenvalue weighted by Crippen LogP contribution is 2.28. The average Bonchev–Trinajstić information content (AvgIpc) is 3.01. The zero-order valence-electron chi connectivity index (χ0n) is 13.8. The third kappa shape index (κ3) is 3.80. The van der Waals surface area contributed by atoms with Crippen LogP contribution in [-0.4, -0.2) is 28.2 Å². The van der Waals surface area contributed by atoms with E-state index < -0.39 is 5.91 Å². The second-order valence-electron chi connectivity index (χ2n) is 5.42. The Labute approximate surface area is 147 Å². The number of rotatable bonds is 4. The van der Waals surface area contributed by atoms with Gasteiger partial charge in [-0.1, -0.05) is 11.2 Å². The number of carbonyl (C=O) groups excluding carboxylic acids is 1. The molecule has 0 spiro atoms. The molecule has 0 saturated heterocycles. The third-order valence-corrected chi connectivity index (χ3v) is 4.24. The fourth-order valence-corrected chi connectivity index (χ4v) is 2.93. The van der Waals surface area contributed by atoms with Crippen molar-refractivity contribution in [2.45, 2.75) is 13.8 Å². The number of amides is 1. The summed E-state index contributed by atoms with van der Waals surface area (Å²) in [6, 6.07) is 6.41. The number of benzene rings is 1. The van der Waals surface area contributed by atoms with Crippen LogP contribution in [0.4, 0.5) is 9.52 Å². The number of nitrogens with zero attached hydrogens (tertiary/aromatic N) is 3. The molecule has 2 aromatic heterocycles. The maximum Gasteiger partial charge on any atom is 0.295 e. The standard InChI is InChI=1S/C17H15FN4O2S/c1-9-4-11(7-12(18)5-9)13-6-10(2)19-8-14(13)15(23)20-16-21-22-17(24-3)25-16/h4-8H,1-3H3,(H,20,21,23). The third-order valence-electron chi connectivity index (χ3n) is 3.44. The number of carbonyl (C=O) groups is 1. The predicted octanol–water partition coefficient (Wildman–Crippen LogP) is 3.62. The minimum absolute atomic E-state index is 0.309. The van der Waals surface area contributed by atoms with Gasteiger partial charge in [-0.15, -0.1) is 5.10 Å². The molecule has 0 saturated carbocycles. The van der Waals surface area contributed by atoms with Crippen molar-refractivity contribution in [3.63, 3.8) is 0 Å². The minimum atomic E-state index is -0.400. The lowest BCUT2D eigenvalue weighted by Crippen LogP contribution is -2.14. The maximum atomic E-state index is 13.8. The van der Waals surface area contributed by atoms with E-state index in [2.05, 4.69) is 20.5 Å². The largest absolute Gasteiger partial charge is 0.472 e. The molecule has 3 rings (SSSR count). The number of hydrogen-bond donors (Lipinski definition) is 1. The van der Waals surface area contributed by atoms with Gasteiger partial charge in [-0.25, -0.2) is 4.39 Å². The van der Waals surface area contributed by atoms with Crippen LogP contribution in [0.1, 0.15) is 21.6 Å². The quantitative estimate of drug-likeness (QED) is 0.771. The van der Waals surface area contributed by atoms with Crippen LogP contribution in [0, 0.1) is 19.7 Å². The summed E-state index contributed by atoms with van der Waals surface area (Å²) in [7, 11) is 1.47. The Hall–Kier alpha value is -2.87. The van der Waals surface area contributed by atoms with Crippen LogP contribution in [0.2, 0.25) is 0 Å². The molecule has 3 aromatic rings. The molecule has 0 bridgehead atoms. The van der Waals surface area contributed by atoms with Crippen LogP contribution in [0.3, 0.4) is 0 Å². The Bertz CT molecular complexity index is 922. The molecule has 0 atom stereocenters. The van der Waals surface area contributed by atoms with Gasteiger partial charge in [0.05, 0.1) is 12.7 Å². The molecule has 6 nitrogen and oxygen atoms in total. The monoisotopic (exact) mass is 358 g/mol. The smallest absolute Gasteiger partial charge is 0.295 e. The van der Waals surface area contributed by atoms with Crippen LogP contribution in [0.5, 0.6) is 5.19 Å². The van der Waals surface area contributed by atoms with E-state index in [9.17, 15) is 9.18 Å². The van der Waals surface area contributed by atoms with Crippen molar-refractivity contribution >= 4 is 22.4 Å². The van der Waals surface area contributed by atoms with Crippen LogP contribution >= 0.6 is 11.3 Å². The highest BCUT2D eigenvalue weighted by Gasteiger charge is 2.17. The molecule has 2 heterocycles. The first-order valence-electron chi connectivity index (χ1n) is 7.39. The van der Waals surface area contributed by atoms with Crippen LogP contribution in [-0.2, 0) is 0 Å². The normalized spacial score (nSPS) is 10.6. The van der Waals surface area contributed by atoms with Crippen LogP contribution in [0.15, 0.2) is 30.5 Å². The number of aromatic nitrogens is 3. The summed E-state index contributed by atoms with van der Waals surface area (Å²) in [4.78, 5) is 16.8. The maximum absolute atomic E-state index is 13.8. The van der Waals surface area contributed by atoms with Gasteiger partial charge in [0.15, 0.2) is 0 Å². The summed E-state index contributed by atoms with van der Waals surface area (Å²) in [5, 5.41) is 10.9. The van der Waals surface area contributed by atoms with Gasteiger partial charge in [0.2, 0.25) is 5.13 Å². The second-order valence-corrected chi connectivity index (χ2v) is 6.36. The summed E-state index contributed by atoms with van der Waals surface area (Å²) in [5.41, 5.74) is 3.03. The van der Waals surface area contributed by atoms with Crippen molar-refractivity contribution in [3.8, 4) is 16.3 Å². The average molecular weight is 358 g/mol. The van der Waals surface area contributed by atoms with E-state index in [1.54, 1.807) is 13.0 Å². The molecule has 25 heavy (non-hydrogen) atoms. The van der Waals surface area contributed by atoms with E-state index in [4.69, 9.17) is 4.74 Å². The predicted molar refractivity (Wildman–Crippen MR) is 93.5 cm³/mol. The Morgan fingerprint density at radius 3 is 2.68 bits per heavy atom. The first-order valence-corrected chi connectivity index (χ1v) is 8.21. The van der Waals surface area contributed by atoms with Crippen LogP contribution < -0.4 is 10.1 Å². The highest BCUT2D eigenvalue weighted by atomic mass is 32.1. The zero-order valence-corrected chi connectivity index (χ0v) is 14.6. The van der Waals surface area contributed by atoms with Crippen molar-refractivity contribution in [3.05, 3.63) is 53.1 Å². The number of ether oxygens (including phenoxy) is 1. The Morgan fingerprint density at radius 2 is 2.00 bits per heavy atom. The summed E-state index contributed by atoms with van der Waals surface area (Å²) >= 11 is 1.11. The van der Waals surface area contributed by atoms with Gasteiger partial charge in [-0.2, -0.15) is 0 Å². The Morgan fingerprint density at radius 1 is 1.20 bits per heavy atom. The van der Waals surface area contributed by atoms with E-state index in [1.807, 2.05) is 13.0 Å². The molecule has 0 radical (unpaired) electrons. The molecule has 0 aliphatic carbocycles. The van der Waals surface area contributed by atoms with Crippen LogP contribution in [0.25, 0.3) is 11.1 Å². The zero-order chi connectivity index (χ0) is 18.0. The molecule has 0 fully saturated rings. The SMILES string of the molecule is COc1nnc(NC(=O)c2cnc(C)cc2-c2cc(C)cc(F)c2)s1. The number of hydrogen-bond acceptors (Lipinski definition) is 6. The van der Waals surface area contributed by atoms with Crippen molar-refractivity contribution in [1.29, 1.82) is 0 Å². The van der Waals surface area contributed by atoms with Gasteiger partial charge >= 0.3 is 0 Å². The summed E-state index contributed by atoms with van der Waals surface area (Å²) in [6.45, 7) is 3.61. The number of nitrogens with one attached hydrogen (secondary N) is 1. The molecular formula is C17H15FN4O2S. The summed E-state index contributed by atoms with van der Waals surface area (Å²) in [5.74, 6) is -0.757. The Kier molecular flexibility index (Phi) is 4.71. The first kappa shape index (κ1) is 17.0. The molecule has 128 valence electrons. The lowest BCUT2D eigenvalue weighted by Gasteiger charge is -2.11. The van der Waals surface area contributed by atoms with Gasteiger partial charge in [0.1, 0.15) is 5.82 Å². The van der Waals surface area contributed by atoms with Crippen molar-refractivity contribution < 1.29 is 13.9 Å². The lowest BCUT2D eigenvalue weighted by atomic mass is 9.98. The van der Waals surface area contributed by atoms with Gasteiger partial charge in [-0.3, -0.25) is 15.1 Å². The highest BCUT2D eigenvalue weighted by molar-refractivity contribution is 7.17. The summed E-state index contributed by atoms with van der Waals surface area (Å²) < 4.78 is 18.7. The molecule has 8 heteroatoms. The minimum Gasteiger partial charge on any atom is -0.472 e. The van der Waals surface area contributed by atoms with Gasteiger partial charge in [-0.05, 0) is 60.1 Å². The molecule has 0 unspecified atom stereocenters. The van der Waals surface area contributed by atoms with E-state index in [0.29, 0.717) is 27.0 Å². The fraction of sp³-hybridized carbons (Fsp3) is 0.176. The van der Waals surface area contributed by atoms with Crippen molar-refractivity contribution in [1.82, 2.24) is 15.2 Å². The lowest BCUT2D eigenvalue weighted by molar-refractivity contribution is 0.102. The number of anilines is 1. The molecule has 1 amide bonds. The van der Waals surface area contributed by atoms with Gasteiger partial charge in [0.25, 0.3) is 11.1 Å². The molecule has 0 aliphatic heterocycles. The van der Waals surface area contributed by atoms with E-state index in [-0.39, 0.29) is 5.82 Å². The number of halogens is 1. The van der Waals surface area contributed by atoms with Crippen molar-refractivity contribution in [2.75, 3.05) is 12.4 Å². The van der Waals surface area contributed by atoms with Crippen molar-refractivity contribution in [2.24, 2.45) is 0 Å². The van der Waals surface area contributed by atoms with E-state index in [0.717, 1.165) is 22.6 Å². The van der Waals surface area contributed by atoms with Gasteiger partial charge in [0, 0.05) is 11.9 Å². The number of methoxy groups -OCH3 is 1. The summed E-state index contributed by atoms with van der Waals surface area (Å²) in [6.07, 6.45) is 1.47. The number of pyridine rings is 1. The fourth-order valence-electron chi connectivity index (χ4n) is 2.38. The molecule has 0 aliphatic rings. The first-order chi connectivity index (χ1) is 12.0. The van der Waals surface area contributed by atoms with E-state index in [1.165, 1.54) is 25.4 Å².